The molecule has 1 aliphatic heterocycles. The molecule has 2 aromatic rings. The van der Waals surface area contributed by atoms with E-state index >= 15 is 0 Å². The lowest BCUT2D eigenvalue weighted by Gasteiger charge is -2.25. The highest BCUT2D eigenvalue weighted by Crippen LogP contribution is 2.40. The number of hydrogen-bond acceptors (Lipinski definition) is 7. The van der Waals surface area contributed by atoms with Gasteiger partial charge in [0.15, 0.2) is 0 Å². The average Bonchev–Trinajstić information content (AvgIpc) is 3.26. The molecular formula is C33H43N3O7. The molecule has 1 fully saturated rings. The van der Waals surface area contributed by atoms with Crippen molar-refractivity contribution in [3.05, 3.63) is 85.5 Å². The number of carbonyl (C=O) groups excluding carboxylic acids is 2. The van der Waals surface area contributed by atoms with Crippen molar-refractivity contribution in [1.29, 1.82) is 0 Å². The number of rotatable bonds is 19. The first-order valence-corrected chi connectivity index (χ1v) is 15.5. The number of benzene rings is 2. The summed E-state index contributed by atoms with van der Waals surface area (Å²) in [6.45, 7) is 2.49. The molecule has 1 amide bonds. The van der Waals surface area contributed by atoms with Crippen LogP contribution < -0.4 is 0 Å². The van der Waals surface area contributed by atoms with Gasteiger partial charge in [0.1, 0.15) is 5.76 Å². The Hall–Kier alpha value is -4.08. The van der Waals surface area contributed by atoms with Crippen LogP contribution in [0.4, 0.5) is 11.4 Å². The minimum Gasteiger partial charge on any atom is -0.507 e. The minimum atomic E-state index is -1.02. The molecule has 0 aromatic heterocycles. The van der Waals surface area contributed by atoms with E-state index in [1.54, 1.807) is 6.07 Å². The molecule has 0 radical (unpaired) electrons. The summed E-state index contributed by atoms with van der Waals surface area (Å²) in [5.41, 5.74) is -0.109. The molecule has 1 heterocycles. The molecule has 1 aliphatic rings. The molecule has 0 saturated carbocycles. The number of Topliss-reactive ketones (excluding diaryl/α,β-unsaturated/α-hetero) is 1. The molecule has 10 heteroatoms. The maximum atomic E-state index is 13.2. The predicted molar refractivity (Wildman–Crippen MR) is 166 cm³/mol. The largest absolute Gasteiger partial charge is 0.507 e. The first-order chi connectivity index (χ1) is 20.8. The lowest BCUT2D eigenvalue weighted by Crippen LogP contribution is -2.30. The molecule has 10 nitrogen and oxygen atoms in total. The summed E-state index contributed by atoms with van der Waals surface area (Å²) >= 11 is 0. The Morgan fingerprint density at radius 3 is 1.77 bits per heavy atom. The zero-order valence-electron chi connectivity index (χ0n) is 25.0. The van der Waals surface area contributed by atoms with Crippen molar-refractivity contribution in [1.82, 2.24) is 4.90 Å². The van der Waals surface area contributed by atoms with Gasteiger partial charge < -0.3 is 10.0 Å². The number of non-ortho nitro benzene ring substituents is 2. The fourth-order valence-electron chi connectivity index (χ4n) is 5.64. The summed E-state index contributed by atoms with van der Waals surface area (Å²) in [6.07, 6.45) is 16.5. The van der Waals surface area contributed by atoms with Crippen LogP contribution in [0.25, 0.3) is 5.76 Å². The van der Waals surface area contributed by atoms with Crippen molar-refractivity contribution in [3.63, 3.8) is 0 Å². The van der Waals surface area contributed by atoms with Crippen LogP contribution in [0.5, 0.6) is 0 Å². The van der Waals surface area contributed by atoms with Gasteiger partial charge in [-0.3, -0.25) is 29.8 Å². The van der Waals surface area contributed by atoms with E-state index in [1.807, 2.05) is 0 Å². The summed E-state index contributed by atoms with van der Waals surface area (Å²) in [6, 6.07) is 9.67. The van der Waals surface area contributed by atoms with Crippen LogP contribution in [0.3, 0.4) is 0 Å². The first kappa shape index (κ1) is 33.4. The summed E-state index contributed by atoms with van der Waals surface area (Å²) in [7, 11) is 0. The maximum Gasteiger partial charge on any atom is 0.295 e. The quantitative estimate of drug-likeness (QED) is 0.0430. The Morgan fingerprint density at radius 2 is 1.26 bits per heavy atom. The lowest BCUT2D eigenvalue weighted by atomic mass is 9.95. The first-order valence-electron chi connectivity index (χ1n) is 15.5. The molecule has 0 unspecified atom stereocenters. The van der Waals surface area contributed by atoms with Gasteiger partial charge in [0.2, 0.25) is 0 Å². The van der Waals surface area contributed by atoms with Gasteiger partial charge in [0.05, 0.1) is 21.5 Å². The topological polar surface area (TPSA) is 144 Å². The molecule has 3 rings (SSSR count). The number of likely N-dealkylation sites (tertiary alicyclic amines) is 1. The smallest absolute Gasteiger partial charge is 0.295 e. The van der Waals surface area contributed by atoms with Gasteiger partial charge in [0, 0.05) is 36.4 Å². The van der Waals surface area contributed by atoms with Crippen LogP contribution in [0.15, 0.2) is 54.1 Å². The van der Waals surface area contributed by atoms with Gasteiger partial charge in [-0.25, -0.2) is 0 Å². The highest BCUT2D eigenvalue weighted by atomic mass is 16.6. The second kappa shape index (κ2) is 17.1. The summed E-state index contributed by atoms with van der Waals surface area (Å²) < 4.78 is 0. The molecule has 0 aliphatic carbocycles. The van der Waals surface area contributed by atoms with E-state index in [1.165, 1.54) is 112 Å². The molecule has 1 atom stereocenters. The third-order valence-electron chi connectivity index (χ3n) is 8.04. The number of hydrogen-bond donors (Lipinski definition) is 1. The van der Waals surface area contributed by atoms with Gasteiger partial charge >= 0.3 is 0 Å². The van der Waals surface area contributed by atoms with Crippen molar-refractivity contribution in [2.75, 3.05) is 6.54 Å². The third kappa shape index (κ3) is 9.46. The Bertz CT molecular complexity index is 1290. The number of nitro benzene ring substituents is 2. The maximum absolute atomic E-state index is 13.2. The van der Waals surface area contributed by atoms with Gasteiger partial charge in [-0.2, -0.15) is 0 Å². The van der Waals surface area contributed by atoms with Crippen molar-refractivity contribution >= 4 is 28.8 Å². The predicted octanol–water partition coefficient (Wildman–Crippen LogP) is 8.41. The molecule has 1 N–H and O–H groups in total. The molecular weight excluding hydrogens is 550 g/mol. The second-order valence-corrected chi connectivity index (χ2v) is 11.2. The fourth-order valence-corrected chi connectivity index (χ4v) is 5.64. The zero-order valence-corrected chi connectivity index (χ0v) is 25.0. The Morgan fingerprint density at radius 1 is 0.744 bits per heavy atom. The normalized spacial score (nSPS) is 16.1. The van der Waals surface area contributed by atoms with E-state index in [2.05, 4.69) is 6.92 Å². The Labute approximate surface area is 253 Å². The summed E-state index contributed by atoms with van der Waals surface area (Å²) in [5, 5.41) is 33.6. The van der Waals surface area contributed by atoms with E-state index in [0.29, 0.717) is 12.0 Å². The standard InChI is InChI=1S/C33H43N3O7/c1-2-3-4-5-6-7-8-9-10-11-12-13-14-15-23-34-30(26-17-16-18-28(24-26)36(42)43)29(32(38)33(34)39)31(37)25-19-21-27(22-20-25)35(40)41/h16-22,24,30,37H,2-15,23H2,1H3/t30-/m1/s1. The van der Waals surface area contributed by atoms with Crippen LogP contribution in [0.1, 0.15) is 114 Å². The summed E-state index contributed by atoms with van der Waals surface area (Å²) in [5.74, 6) is -2.15. The number of nitro groups is 2. The van der Waals surface area contributed by atoms with Gasteiger partial charge in [-0.15, -0.1) is 0 Å². The van der Waals surface area contributed by atoms with E-state index in [4.69, 9.17) is 0 Å². The highest BCUT2D eigenvalue weighted by Gasteiger charge is 2.46. The van der Waals surface area contributed by atoms with Crippen LogP contribution in [-0.4, -0.2) is 38.1 Å². The number of nitrogens with zero attached hydrogens (tertiary/aromatic N) is 3. The van der Waals surface area contributed by atoms with Crippen molar-refractivity contribution in [2.45, 2.75) is 103 Å². The van der Waals surface area contributed by atoms with Crippen LogP contribution in [0.2, 0.25) is 0 Å². The molecule has 0 bridgehead atoms. The molecule has 232 valence electrons. The highest BCUT2D eigenvalue weighted by molar-refractivity contribution is 6.46. The Kier molecular flexibility index (Phi) is 13.3. The number of aliphatic hydroxyl groups is 1. The average molecular weight is 594 g/mol. The fraction of sp³-hybridized carbons (Fsp3) is 0.515. The number of amides is 1. The lowest BCUT2D eigenvalue weighted by molar-refractivity contribution is -0.385. The van der Waals surface area contributed by atoms with E-state index < -0.39 is 33.3 Å². The van der Waals surface area contributed by atoms with Gasteiger partial charge in [-0.05, 0) is 24.1 Å². The SMILES string of the molecule is CCCCCCCCCCCCCCCCN1C(=O)C(=O)C(=C(O)c2ccc([N+](=O)[O-])cc2)[C@H]1c1cccc([N+](=O)[O-])c1. The molecule has 2 aromatic carbocycles. The molecule has 43 heavy (non-hydrogen) atoms. The number of unbranched alkanes of at least 4 members (excludes halogenated alkanes) is 13. The van der Waals surface area contributed by atoms with Crippen LogP contribution in [-0.2, 0) is 9.59 Å². The number of carbonyl (C=O) groups is 2. The van der Waals surface area contributed by atoms with Gasteiger partial charge in [-0.1, -0.05) is 103 Å². The van der Waals surface area contributed by atoms with Crippen molar-refractivity contribution in [3.8, 4) is 0 Å². The summed E-state index contributed by atoms with van der Waals surface area (Å²) in [4.78, 5) is 49.1. The zero-order chi connectivity index (χ0) is 31.2. The molecule has 1 saturated heterocycles. The van der Waals surface area contributed by atoms with E-state index in [9.17, 15) is 34.9 Å². The van der Waals surface area contributed by atoms with Crippen LogP contribution >= 0.6 is 0 Å². The monoisotopic (exact) mass is 593 g/mol. The number of ketones is 1. The van der Waals surface area contributed by atoms with Crippen molar-refractivity contribution < 1.29 is 24.5 Å². The van der Waals surface area contributed by atoms with Crippen molar-refractivity contribution in [2.24, 2.45) is 0 Å². The van der Waals surface area contributed by atoms with Crippen LogP contribution in [0, 0.1) is 20.2 Å². The Balaban J connectivity index is 1.63. The van der Waals surface area contributed by atoms with E-state index in [0.717, 1.165) is 19.3 Å². The molecule has 0 spiro atoms. The third-order valence-corrected chi connectivity index (χ3v) is 8.04. The minimum absolute atomic E-state index is 0.135. The number of aliphatic hydroxyl groups excluding tert-OH is 1. The van der Waals surface area contributed by atoms with Gasteiger partial charge in [0.25, 0.3) is 23.1 Å². The van der Waals surface area contributed by atoms with E-state index in [-0.39, 0.29) is 29.1 Å². The second-order valence-electron chi connectivity index (χ2n) is 11.2.